The fraction of sp³-hybridized carbons (Fsp3) is 0.250. The molecular formula is C8H9N3O2S. The van der Waals surface area contributed by atoms with E-state index in [-0.39, 0.29) is 19.2 Å². The quantitative estimate of drug-likeness (QED) is 0.778. The highest BCUT2D eigenvalue weighted by atomic mass is 32.1. The van der Waals surface area contributed by atoms with Crippen molar-refractivity contribution in [1.29, 1.82) is 0 Å². The Labute approximate surface area is 84.2 Å². The number of aromatic nitrogens is 2. The van der Waals surface area contributed by atoms with Crippen LogP contribution in [0.5, 0.6) is 5.88 Å². The Bertz CT molecular complexity index is 443. The number of anilines is 1. The summed E-state index contributed by atoms with van der Waals surface area (Å²) in [6.45, 7) is 0.164. The van der Waals surface area contributed by atoms with E-state index in [0.717, 1.165) is 10.2 Å². The number of rotatable bonds is 3. The Hall–Kier alpha value is -1.40. The zero-order valence-electron chi connectivity index (χ0n) is 7.30. The third-order valence-electron chi connectivity index (χ3n) is 1.64. The van der Waals surface area contributed by atoms with Crippen molar-refractivity contribution in [3.05, 3.63) is 11.4 Å². The van der Waals surface area contributed by atoms with Crippen molar-refractivity contribution in [2.45, 2.75) is 0 Å². The standard InChI is InChI=1S/C8H9N3O2S/c9-8-10-6(13-3-2-12)5-1-4-14-7(5)11-8/h1,4,12H,2-3H2,(H2,9,10,11). The average Bonchev–Trinajstić information content (AvgIpc) is 2.61. The van der Waals surface area contributed by atoms with Gasteiger partial charge in [-0.15, -0.1) is 11.3 Å². The molecule has 0 bridgehead atoms. The van der Waals surface area contributed by atoms with E-state index in [1.165, 1.54) is 11.3 Å². The number of nitrogens with zero attached hydrogens (tertiary/aromatic N) is 2. The van der Waals surface area contributed by atoms with E-state index in [2.05, 4.69) is 9.97 Å². The van der Waals surface area contributed by atoms with E-state index in [1.807, 2.05) is 11.4 Å². The van der Waals surface area contributed by atoms with Crippen LogP contribution < -0.4 is 10.5 Å². The molecule has 0 unspecified atom stereocenters. The van der Waals surface area contributed by atoms with Crippen molar-refractivity contribution in [3.63, 3.8) is 0 Å². The Morgan fingerprint density at radius 1 is 1.50 bits per heavy atom. The largest absolute Gasteiger partial charge is 0.475 e. The highest BCUT2D eigenvalue weighted by molar-refractivity contribution is 7.16. The lowest BCUT2D eigenvalue weighted by molar-refractivity contribution is 0.198. The maximum atomic E-state index is 8.62. The normalized spacial score (nSPS) is 10.6. The molecule has 74 valence electrons. The predicted molar refractivity (Wildman–Crippen MR) is 54.4 cm³/mol. The maximum Gasteiger partial charge on any atom is 0.227 e. The van der Waals surface area contributed by atoms with E-state index in [0.29, 0.717) is 5.88 Å². The summed E-state index contributed by atoms with van der Waals surface area (Å²) < 4.78 is 5.23. The number of aliphatic hydroxyl groups is 1. The molecule has 0 spiro atoms. The maximum absolute atomic E-state index is 8.62. The Morgan fingerprint density at radius 2 is 2.36 bits per heavy atom. The molecule has 2 aromatic rings. The number of hydrogen-bond donors (Lipinski definition) is 2. The molecule has 0 aliphatic rings. The van der Waals surface area contributed by atoms with Gasteiger partial charge in [-0.05, 0) is 11.4 Å². The average molecular weight is 211 g/mol. The summed E-state index contributed by atoms with van der Waals surface area (Å²) in [5.41, 5.74) is 5.50. The van der Waals surface area contributed by atoms with Gasteiger partial charge in [-0.2, -0.15) is 4.98 Å². The van der Waals surface area contributed by atoms with Gasteiger partial charge >= 0.3 is 0 Å². The first kappa shape index (κ1) is 9.17. The van der Waals surface area contributed by atoms with Crippen LogP contribution in [0.3, 0.4) is 0 Å². The molecule has 0 fully saturated rings. The third-order valence-corrected chi connectivity index (χ3v) is 2.44. The van der Waals surface area contributed by atoms with Crippen molar-refractivity contribution >= 4 is 27.5 Å². The molecule has 0 aliphatic heterocycles. The summed E-state index contributed by atoms with van der Waals surface area (Å²) in [5, 5.41) is 11.3. The lowest BCUT2D eigenvalue weighted by atomic mass is 10.4. The van der Waals surface area contributed by atoms with Crippen LogP contribution in [0.4, 0.5) is 5.95 Å². The molecule has 0 aromatic carbocycles. The highest BCUT2D eigenvalue weighted by Crippen LogP contribution is 2.27. The van der Waals surface area contributed by atoms with Crippen LogP contribution in [0.1, 0.15) is 0 Å². The fourth-order valence-electron chi connectivity index (χ4n) is 1.10. The van der Waals surface area contributed by atoms with Crippen molar-refractivity contribution in [3.8, 4) is 5.88 Å². The molecule has 5 nitrogen and oxygen atoms in total. The van der Waals surface area contributed by atoms with Gasteiger partial charge in [0.2, 0.25) is 11.8 Å². The van der Waals surface area contributed by atoms with Gasteiger partial charge < -0.3 is 15.6 Å². The summed E-state index contributed by atoms with van der Waals surface area (Å²) in [6.07, 6.45) is 0. The van der Waals surface area contributed by atoms with E-state index < -0.39 is 0 Å². The molecule has 0 amide bonds. The summed E-state index contributed by atoms with van der Waals surface area (Å²) in [5.74, 6) is 0.621. The second-order valence-electron chi connectivity index (χ2n) is 2.60. The third kappa shape index (κ3) is 1.61. The number of fused-ring (bicyclic) bond motifs is 1. The van der Waals surface area contributed by atoms with Crippen molar-refractivity contribution < 1.29 is 9.84 Å². The van der Waals surface area contributed by atoms with Crippen LogP contribution in [0.25, 0.3) is 10.2 Å². The molecule has 2 heterocycles. The molecule has 0 radical (unpaired) electrons. The number of thiophene rings is 1. The Morgan fingerprint density at radius 3 is 3.14 bits per heavy atom. The second-order valence-corrected chi connectivity index (χ2v) is 3.49. The Kier molecular flexibility index (Phi) is 2.47. The van der Waals surface area contributed by atoms with Crippen LogP contribution in [0, 0.1) is 0 Å². The first-order chi connectivity index (χ1) is 6.81. The lowest BCUT2D eigenvalue weighted by Gasteiger charge is -2.04. The zero-order valence-corrected chi connectivity index (χ0v) is 8.12. The molecule has 14 heavy (non-hydrogen) atoms. The molecule has 0 atom stereocenters. The molecule has 0 saturated heterocycles. The molecule has 6 heteroatoms. The van der Waals surface area contributed by atoms with Gasteiger partial charge in [0, 0.05) is 0 Å². The highest BCUT2D eigenvalue weighted by Gasteiger charge is 2.07. The molecule has 0 aliphatic carbocycles. The van der Waals surface area contributed by atoms with Crippen LogP contribution in [-0.4, -0.2) is 28.3 Å². The van der Waals surface area contributed by atoms with Gasteiger partial charge in [-0.25, -0.2) is 4.98 Å². The first-order valence-electron chi connectivity index (χ1n) is 4.05. The second kappa shape index (κ2) is 3.77. The zero-order chi connectivity index (χ0) is 9.97. The number of hydrogen-bond acceptors (Lipinski definition) is 6. The van der Waals surface area contributed by atoms with Gasteiger partial charge in [0.25, 0.3) is 0 Å². The van der Waals surface area contributed by atoms with E-state index in [9.17, 15) is 0 Å². The van der Waals surface area contributed by atoms with Gasteiger partial charge in [-0.1, -0.05) is 0 Å². The first-order valence-corrected chi connectivity index (χ1v) is 4.93. The number of ether oxygens (including phenoxy) is 1. The smallest absolute Gasteiger partial charge is 0.227 e. The molecule has 2 aromatic heterocycles. The van der Waals surface area contributed by atoms with Crippen molar-refractivity contribution in [2.75, 3.05) is 18.9 Å². The Balaban J connectivity index is 2.44. The van der Waals surface area contributed by atoms with E-state index >= 15 is 0 Å². The summed E-state index contributed by atoms with van der Waals surface area (Å²) in [4.78, 5) is 8.79. The van der Waals surface area contributed by atoms with Gasteiger partial charge in [0.05, 0.1) is 12.0 Å². The molecule has 3 N–H and O–H groups in total. The fourth-order valence-corrected chi connectivity index (χ4v) is 1.86. The number of aliphatic hydroxyl groups excluding tert-OH is 1. The molecular weight excluding hydrogens is 202 g/mol. The number of nitrogen functional groups attached to an aromatic ring is 1. The summed E-state index contributed by atoms with van der Waals surface area (Å²) in [6, 6.07) is 1.87. The lowest BCUT2D eigenvalue weighted by Crippen LogP contribution is -2.05. The van der Waals surface area contributed by atoms with E-state index in [4.69, 9.17) is 15.6 Å². The van der Waals surface area contributed by atoms with Crippen molar-refractivity contribution in [2.24, 2.45) is 0 Å². The number of nitrogens with two attached hydrogens (primary N) is 1. The predicted octanol–water partition coefficient (Wildman–Crippen LogP) is 0.645. The van der Waals surface area contributed by atoms with Crippen LogP contribution >= 0.6 is 11.3 Å². The van der Waals surface area contributed by atoms with Gasteiger partial charge in [0.15, 0.2) is 0 Å². The van der Waals surface area contributed by atoms with Crippen LogP contribution in [0.2, 0.25) is 0 Å². The monoisotopic (exact) mass is 211 g/mol. The SMILES string of the molecule is Nc1nc(OCCO)c2ccsc2n1. The minimum Gasteiger partial charge on any atom is -0.475 e. The minimum absolute atomic E-state index is 0.0461. The van der Waals surface area contributed by atoms with E-state index in [1.54, 1.807) is 0 Å². The molecule has 0 saturated carbocycles. The van der Waals surface area contributed by atoms with Gasteiger partial charge in [0.1, 0.15) is 11.4 Å². The van der Waals surface area contributed by atoms with Gasteiger partial charge in [-0.3, -0.25) is 0 Å². The summed E-state index contributed by atoms with van der Waals surface area (Å²) in [7, 11) is 0. The van der Waals surface area contributed by atoms with Crippen LogP contribution in [0.15, 0.2) is 11.4 Å². The van der Waals surface area contributed by atoms with Crippen LogP contribution in [-0.2, 0) is 0 Å². The van der Waals surface area contributed by atoms with Crippen molar-refractivity contribution in [1.82, 2.24) is 9.97 Å². The topological polar surface area (TPSA) is 81.3 Å². The minimum atomic E-state index is -0.0461. The summed E-state index contributed by atoms with van der Waals surface area (Å²) >= 11 is 1.48. The molecule has 2 rings (SSSR count).